The maximum Gasteiger partial charge on any atom is 0.412 e. The van der Waals surface area contributed by atoms with E-state index in [2.05, 4.69) is 78.0 Å². The summed E-state index contributed by atoms with van der Waals surface area (Å²) in [7, 11) is -3.68. The first-order valence-electron chi connectivity index (χ1n) is 11.3. The van der Waals surface area contributed by atoms with E-state index in [1.54, 1.807) is 0 Å². The minimum Gasteiger partial charge on any atom is -0.543 e. The minimum absolute atomic E-state index is 0.476. The first-order valence-corrected chi connectivity index (χ1v) is 17.0. The highest BCUT2D eigenvalue weighted by molar-refractivity contribution is 6.84. The van der Waals surface area contributed by atoms with E-state index in [-0.39, 0.29) is 0 Å². The third kappa shape index (κ3) is 8.04. The van der Waals surface area contributed by atoms with Crippen molar-refractivity contribution in [1.29, 1.82) is 0 Å². The zero-order chi connectivity index (χ0) is 24.2. The Labute approximate surface area is 192 Å². The molecule has 1 rings (SSSR count). The average molecular weight is 462 g/mol. The molecule has 0 heterocycles. The van der Waals surface area contributed by atoms with E-state index < -0.39 is 28.1 Å². The minimum atomic E-state index is -2.08. The molecule has 174 valence electrons. The van der Waals surface area contributed by atoms with Crippen LogP contribution in [0, 0.1) is 11.5 Å². The second kappa shape index (κ2) is 10.3. The molecule has 0 saturated heterocycles. The molecular weight excluding hydrogens is 418 g/mol. The van der Waals surface area contributed by atoms with Crippen molar-refractivity contribution in [3.63, 3.8) is 0 Å². The van der Waals surface area contributed by atoms with Crippen LogP contribution in [0.4, 0.5) is 10.5 Å². The summed E-state index contributed by atoms with van der Waals surface area (Å²) < 4.78 is 12.3. The molecule has 0 atom stereocenters. The summed E-state index contributed by atoms with van der Waals surface area (Å²) in [6.07, 6.45) is -0.479. The number of rotatable bonds is 6. The van der Waals surface area contributed by atoms with Gasteiger partial charge in [0.2, 0.25) is 0 Å². The Hall–Kier alpha value is -1.72. The van der Waals surface area contributed by atoms with Crippen molar-refractivity contribution in [2.75, 3.05) is 5.32 Å². The van der Waals surface area contributed by atoms with E-state index in [1.807, 2.05) is 39.0 Å². The molecule has 6 heteroatoms. The normalized spacial score (nSPS) is 12.6. The van der Waals surface area contributed by atoms with E-state index in [4.69, 9.17) is 9.16 Å². The summed E-state index contributed by atoms with van der Waals surface area (Å²) in [5, 5.41) is 2.87. The molecule has 0 radical (unpaired) electrons. The van der Waals surface area contributed by atoms with Crippen molar-refractivity contribution in [2.45, 2.75) is 104 Å². The predicted molar refractivity (Wildman–Crippen MR) is 138 cm³/mol. The molecule has 1 aromatic carbocycles. The predicted octanol–water partition coefficient (Wildman–Crippen LogP) is 7.82. The fourth-order valence-corrected chi connectivity index (χ4v) is 9.78. The Morgan fingerprint density at radius 3 is 1.90 bits per heavy atom. The summed E-state index contributed by atoms with van der Waals surface area (Å²) in [6, 6.07) is 5.81. The summed E-state index contributed by atoms with van der Waals surface area (Å²) in [5.41, 5.74) is 5.70. The third-order valence-electron chi connectivity index (χ3n) is 5.20. The van der Waals surface area contributed by atoms with Gasteiger partial charge in [-0.05, 0) is 55.6 Å². The number of benzene rings is 1. The lowest BCUT2D eigenvalue weighted by molar-refractivity contribution is 0.0636. The molecule has 0 aromatic heterocycles. The van der Waals surface area contributed by atoms with Gasteiger partial charge in [0, 0.05) is 0 Å². The molecule has 0 saturated carbocycles. The largest absolute Gasteiger partial charge is 0.543 e. The standard InChI is InChI=1S/C25H43NO3Si2/c1-18(2)31(19(3)4,20(5)6)29-22-13-14-23(26-24(27)28-25(7,8)9)21(17-22)15-16-30(10,11)12/h13-14,17-20H,1-12H3,(H,26,27). The topological polar surface area (TPSA) is 47.6 Å². The number of carbonyl (C=O) groups excluding carboxylic acids is 1. The maximum absolute atomic E-state index is 12.4. The molecule has 0 aliphatic heterocycles. The van der Waals surface area contributed by atoms with Crippen molar-refractivity contribution < 1.29 is 14.0 Å². The van der Waals surface area contributed by atoms with E-state index in [0.29, 0.717) is 22.3 Å². The Kier molecular flexibility index (Phi) is 9.05. The highest BCUT2D eigenvalue weighted by Gasteiger charge is 2.47. The molecule has 0 unspecified atom stereocenters. The Bertz CT molecular complexity index is 800. The molecule has 1 amide bonds. The van der Waals surface area contributed by atoms with Crippen molar-refractivity contribution in [2.24, 2.45) is 0 Å². The number of carbonyl (C=O) groups is 1. The molecular formula is C25H43NO3Si2. The van der Waals surface area contributed by atoms with Crippen LogP contribution in [0.25, 0.3) is 0 Å². The lowest BCUT2D eigenvalue weighted by Gasteiger charge is -2.42. The van der Waals surface area contributed by atoms with Crippen molar-refractivity contribution in [1.82, 2.24) is 0 Å². The third-order valence-corrected chi connectivity index (χ3v) is 12.1. The average Bonchev–Trinajstić information content (AvgIpc) is 2.55. The smallest absolute Gasteiger partial charge is 0.412 e. The van der Waals surface area contributed by atoms with E-state index in [9.17, 15) is 4.79 Å². The fraction of sp³-hybridized carbons (Fsp3) is 0.640. The van der Waals surface area contributed by atoms with Gasteiger partial charge in [0.05, 0.1) is 11.3 Å². The van der Waals surface area contributed by atoms with E-state index >= 15 is 0 Å². The lowest BCUT2D eigenvalue weighted by Crippen LogP contribution is -2.50. The molecule has 1 aromatic rings. The first kappa shape index (κ1) is 27.3. The molecule has 0 aliphatic rings. The Morgan fingerprint density at radius 1 is 0.968 bits per heavy atom. The number of hydrogen-bond donors (Lipinski definition) is 1. The number of nitrogens with one attached hydrogen (secondary N) is 1. The Balaban J connectivity index is 3.43. The van der Waals surface area contributed by atoms with Crippen LogP contribution in [0.2, 0.25) is 36.3 Å². The molecule has 1 N–H and O–H groups in total. The van der Waals surface area contributed by atoms with Crippen LogP contribution in [-0.2, 0) is 4.74 Å². The molecule has 0 bridgehead atoms. The highest BCUT2D eigenvalue weighted by Crippen LogP contribution is 2.43. The van der Waals surface area contributed by atoms with Gasteiger partial charge in [-0.15, -0.1) is 5.54 Å². The quantitative estimate of drug-likeness (QED) is 0.347. The van der Waals surface area contributed by atoms with Gasteiger partial charge >= 0.3 is 6.09 Å². The van der Waals surface area contributed by atoms with E-state index in [1.165, 1.54) is 0 Å². The summed E-state index contributed by atoms with van der Waals surface area (Å²) in [5.74, 6) is 4.14. The van der Waals surface area contributed by atoms with Crippen LogP contribution in [0.1, 0.15) is 67.9 Å². The van der Waals surface area contributed by atoms with Crippen molar-refractivity contribution >= 4 is 28.2 Å². The SMILES string of the molecule is CC(C)[Si](Oc1ccc(NC(=O)OC(C)(C)C)c(C#C[Si](C)(C)C)c1)(C(C)C)C(C)C. The van der Waals surface area contributed by atoms with Gasteiger partial charge in [0.15, 0.2) is 0 Å². The zero-order valence-corrected chi connectivity index (χ0v) is 23.7. The van der Waals surface area contributed by atoms with Crippen LogP contribution >= 0.6 is 0 Å². The lowest BCUT2D eigenvalue weighted by atomic mass is 10.2. The van der Waals surface area contributed by atoms with Gasteiger partial charge in [0.1, 0.15) is 19.4 Å². The zero-order valence-electron chi connectivity index (χ0n) is 21.7. The van der Waals surface area contributed by atoms with Crippen LogP contribution in [0.5, 0.6) is 5.75 Å². The molecule has 4 nitrogen and oxygen atoms in total. The van der Waals surface area contributed by atoms with Gasteiger partial charge in [-0.1, -0.05) is 67.1 Å². The second-order valence-electron chi connectivity index (χ2n) is 11.3. The number of amides is 1. The number of ether oxygens (including phenoxy) is 1. The van der Waals surface area contributed by atoms with Crippen LogP contribution in [-0.4, -0.2) is 28.1 Å². The molecule has 31 heavy (non-hydrogen) atoms. The Morgan fingerprint density at radius 2 is 1.48 bits per heavy atom. The number of hydrogen-bond acceptors (Lipinski definition) is 3. The molecule has 0 aliphatic carbocycles. The maximum atomic E-state index is 12.4. The highest BCUT2D eigenvalue weighted by atomic mass is 28.4. The summed E-state index contributed by atoms with van der Waals surface area (Å²) in [4.78, 5) is 12.4. The van der Waals surface area contributed by atoms with Crippen LogP contribution in [0.15, 0.2) is 18.2 Å². The monoisotopic (exact) mass is 461 g/mol. The molecule has 0 fully saturated rings. The number of anilines is 1. The van der Waals surface area contributed by atoms with Crippen molar-refractivity contribution in [3.05, 3.63) is 23.8 Å². The summed E-state index contributed by atoms with van der Waals surface area (Å²) in [6.45, 7) is 25.8. The second-order valence-corrected chi connectivity index (χ2v) is 21.4. The van der Waals surface area contributed by atoms with Gasteiger partial charge in [-0.3, -0.25) is 5.32 Å². The van der Waals surface area contributed by atoms with Gasteiger partial charge in [0.25, 0.3) is 8.32 Å². The van der Waals surface area contributed by atoms with Gasteiger partial charge < -0.3 is 9.16 Å². The van der Waals surface area contributed by atoms with Gasteiger partial charge in [-0.25, -0.2) is 4.79 Å². The molecule has 0 spiro atoms. The van der Waals surface area contributed by atoms with Crippen LogP contribution < -0.4 is 9.74 Å². The van der Waals surface area contributed by atoms with Crippen molar-refractivity contribution in [3.8, 4) is 17.2 Å². The van der Waals surface area contributed by atoms with E-state index in [0.717, 1.165) is 11.3 Å². The fourth-order valence-electron chi connectivity index (χ4n) is 4.03. The van der Waals surface area contributed by atoms with Crippen LogP contribution in [0.3, 0.4) is 0 Å². The first-order chi connectivity index (χ1) is 14.0. The van der Waals surface area contributed by atoms with Gasteiger partial charge in [-0.2, -0.15) is 0 Å². The summed E-state index contributed by atoms with van der Waals surface area (Å²) >= 11 is 0.